The fourth-order valence-corrected chi connectivity index (χ4v) is 8.31. The normalized spacial score (nSPS) is 29.9. The van der Waals surface area contributed by atoms with Gasteiger partial charge >= 0.3 is 6.18 Å². The zero-order chi connectivity index (χ0) is 26.9. The van der Waals surface area contributed by atoms with Gasteiger partial charge in [0.2, 0.25) is 11.9 Å². The van der Waals surface area contributed by atoms with Crippen molar-refractivity contribution in [3.8, 4) is 10.4 Å². The second kappa shape index (κ2) is 8.74. The molecule has 11 heteroatoms. The van der Waals surface area contributed by atoms with E-state index in [0.29, 0.717) is 16.6 Å². The number of carbonyl (C=O) groups excluding carboxylic acids is 1. The molecule has 0 aliphatic heterocycles. The molecular formula is C27H28F3N5O2S. The third-order valence-corrected chi connectivity index (χ3v) is 9.47. The standard InChI is InChI=1S/C27H28F3N5O2S/c1-14-5-17(9-20(6-14)33-24-31-4-3-22(34-24)27(28,29)30)21-13-32-23(38-21)26(37)18-7-16-8-19(26)12-25(10-16,11-18)35-15(2)36/h3-6,9,13,16,18-19,37H,7-8,10-12H2,1-2H3,(H,35,36)(H,31,33,34). The monoisotopic (exact) mass is 543 g/mol. The van der Waals surface area contributed by atoms with Gasteiger partial charge in [0.15, 0.2) is 0 Å². The number of anilines is 2. The van der Waals surface area contributed by atoms with Gasteiger partial charge in [-0.3, -0.25) is 4.79 Å². The lowest BCUT2D eigenvalue weighted by molar-refractivity contribution is -0.192. The highest BCUT2D eigenvalue weighted by atomic mass is 32.1. The zero-order valence-corrected chi connectivity index (χ0v) is 21.8. The van der Waals surface area contributed by atoms with Gasteiger partial charge in [-0.15, -0.1) is 11.3 Å². The molecule has 3 aromatic rings. The molecule has 4 fully saturated rings. The second-order valence-corrected chi connectivity index (χ2v) is 12.2. The number of nitrogens with zero attached hydrogens (tertiary/aromatic N) is 3. The molecule has 4 aliphatic rings. The minimum Gasteiger partial charge on any atom is -0.382 e. The number of rotatable bonds is 5. The van der Waals surface area contributed by atoms with Crippen molar-refractivity contribution in [3.63, 3.8) is 0 Å². The van der Waals surface area contributed by atoms with Gasteiger partial charge in [-0.05, 0) is 86.1 Å². The lowest BCUT2D eigenvalue weighted by Crippen LogP contribution is -2.66. The van der Waals surface area contributed by atoms with Crippen LogP contribution in [0.2, 0.25) is 0 Å². The molecule has 7 rings (SSSR count). The number of alkyl halides is 3. The number of aliphatic hydroxyl groups is 1. The van der Waals surface area contributed by atoms with Crippen molar-refractivity contribution in [1.82, 2.24) is 20.3 Å². The number of hydrogen-bond donors (Lipinski definition) is 3. The van der Waals surface area contributed by atoms with Crippen LogP contribution in [0.3, 0.4) is 0 Å². The molecule has 0 saturated heterocycles. The number of aromatic nitrogens is 3. The van der Waals surface area contributed by atoms with Crippen LogP contribution < -0.4 is 10.6 Å². The molecule has 4 aliphatic carbocycles. The predicted octanol–water partition coefficient (Wildman–Crippen LogP) is 5.57. The van der Waals surface area contributed by atoms with E-state index in [-0.39, 0.29) is 29.2 Å². The van der Waals surface area contributed by atoms with Crippen LogP contribution in [0.4, 0.5) is 24.8 Å². The molecule has 4 saturated carbocycles. The van der Waals surface area contributed by atoms with Crippen molar-refractivity contribution in [1.29, 1.82) is 0 Å². The fraction of sp³-hybridized carbons (Fsp3) is 0.481. The van der Waals surface area contributed by atoms with Crippen molar-refractivity contribution in [2.24, 2.45) is 17.8 Å². The molecule has 3 N–H and O–H groups in total. The van der Waals surface area contributed by atoms with Crippen LogP contribution in [0.5, 0.6) is 0 Å². The van der Waals surface area contributed by atoms with E-state index in [4.69, 9.17) is 0 Å². The molecule has 38 heavy (non-hydrogen) atoms. The van der Waals surface area contributed by atoms with E-state index < -0.39 is 17.5 Å². The van der Waals surface area contributed by atoms with Crippen molar-refractivity contribution in [2.45, 2.75) is 63.3 Å². The van der Waals surface area contributed by atoms with Gasteiger partial charge in [-0.1, -0.05) is 6.07 Å². The second-order valence-electron chi connectivity index (χ2n) is 11.1. The number of nitrogens with one attached hydrogen (secondary N) is 2. The summed E-state index contributed by atoms with van der Waals surface area (Å²) in [6.45, 7) is 3.46. The van der Waals surface area contributed by atoms with E-state index in [9.17, 15) is 23.1 Å². The van der Waals surface area contributed by atoms with Crippen LogP contribution in [0, 0.1) is 24.7 Å². The Hall–Kier alpha value is -3.05. The number of aryl methyl sites for hydroxylation is 1. The SMILES string of the molecule is CC(=O)NC12CC3CC(C1)C(O)(c1ncc(-c4cc(C)cc(Nc5nccc(C(F)(F)F)n5)c4)s1)C(C3)C2. The minimum atomic E-state index is -4.56. The highest BCUT2D eigenvalue weighted by molar-refractivity contribution is 7.15. The van der Waals surface area contributed by atoms with E-state index in [1.165, 1.54) is 11.3 Å². The number of halogens is 3. The summed E-state index contributed by atoms with van der Waals surface area (Å²) in [4.78, 5) is 25.0. The molecule has 4 bridgehead atoms. The van der Waals surface area contributed by atoms with Crippen LogP contribution in [0.15, 0.2) is 36.7 Å². The van der Waals surface area contributed by atoms with E-state index in [0.717, 1.165) is 60.4 Å². The summed E-state index contributed by atoms with van der Waals surface area (Å²) in [6, 6.07) is 6.43. The van der Waals surface area contributed by atoms with Gasteiger partial charge in [-0.2, -0.15) is 13.2 Å². The Bertz CT molecular complexity index is 1390. The average Bonchev–Trinajstić information content (AvgIpc) is 3.32. The van der Waals surface area contributed by atoms with Gasteiger partial charge in [0.05, 0.1) is 4.88 Å². The van der Waals surface area contributed by atoms with Gasteiger partial charge in [0.1, 0.15) is 16.3 Å². The van der Waals surface area contributed by atoms with E-state index in [1.54, 1.807) is 13.1 Å². The van der Waals surface area contributed by atoms with E-state index >= 15 is 0 Å². The van der Waals surface area contributed by atoms with Gasteiger partial charge in [-0.25, -0.2) is 15.0 Å². The highest BCUT2D eigenvalue weighted by Crippen LogP contribution is 2.63. The Kier molecular flexibility index (Phi) is 5.80. The van der Waals surface area contributed by atoms with Crippen molar-refractivity contribution in [2.75, 3.05) is 5.32 Å². The van der Waals surface area contributed by atoms with Crippen LogP contribution in [0.1, 0.15) is 55.3 Å². The Morgan fingerprint density at radius 2 is 1.87 bits per heavy atom. The van der Waals surface area contributed by atoms with Crippen LogP contribution in [-0.4, -0.2) is 31.5 Å². The molecule has 0 radical (unpaired) electrons. The van der Waals surface area contributed by atoms with Crippen molar-refractivity contribution < 1.29 is 23.1 Å². The maximum absolute atomic E-state index is 13.1. The van der Waals surface area contributed by atoms with E-state index in [1.807, 2.05) is 25.1 Å². The molecule has 2 aromatic heterocycles. The van der Waals surface area contributed by atoms with E-state index in [2.05, 4.69) is 25.6 Å². The Balaban J connectivity index is 1.27. The zero-order valence-electron chi connectivity index (χ0n) is 21.0. The predicted molar refractivity (Wildman–Crippen MR) is 137 cm³/mol. The fourth-order valence-electron chi connectivity index (χ4n) is 7.16. The molecule has 2 atom stereocenters. The van der Waals surface area contributed by atoms with Crippen LogP contribution in [0.25, 0.3) is 10.4 Å². The third kappa shape index (κ3) is 4.35. The Morgan fingerprint density at radius 3 is 2.55 bits per heavy atom. The smallest absolute Gasteiger partial charge is 0.382 e. The molecule has 2 unspecified atom stereocenters. The quantitative estimate of drug-likeness (QED) is 0.389. The molecule has 1 amide bonds. The number of thiazole rings is 1. The lowest BCUT2D eigenvalue weighted by atomic mass is 9.47. The molecule has 0 spiro atoms. The summed E-state index contributed by atoms with van der Waals surface area (Å²) in [5, 5.41) is 18.9. The molecule has 1 aromatic carbocycles. The molecule has 200 valence electrons. The summed E-state index contributed by atoms with van der Waals surface area (Å²) in [5.41, 5.74) is 0.0254. The Labute approximate surface area is 221 Å². The number of carbonyl (C=O) groups is 1. The molecule has 7 nitrogen and oxygen atoms in total. The average molecular weight is 544 g/mol. The first-order valence-corrected chi connectivity index (χ1v) is 13.5. The minimum absolute atomic E-state index is 0.0218. The molecule has 2 heterocycles. The topological polar surface area (TPSA) is 100 Å². The number of amides is 1. The van der Waals surface area contributed by atoms with Crippen molar-refractivity contribution >= 4 is 28.9 Å². The van der Waals surface area contributed by atoms with Gasteiger partial charge in [0.25, 0.3) is 0 Å². The first-order chi connectivity index (χ1) is 17.9. The number of hydrogen-bond acceptors (Lipinski definition) is 7. The van der Waals surface area contributed by atoms with Gasteiger partial charge < -0.3 is 15.7 Å². The summed E-state index contributed by atoms with van der Waals surface area (Å²) < 4.78 is 39.2. The first-order valence-electron chi connectivity index (χ1n) is 12.7. The van der Waals surface area contributed by atoms with Crippen LogP contribution >= 0.6 is 11.3 Å². The van der Waals surface area contributed by atoms with Crippen molar-refractivity contribution in [3.05, 3.63) is 52.9 Å². The highest BCUT2D eigenvalue weighted by Gasteiger charge is 2.63. The largest absolute Gasteiger partial charge is 0.433 e. The molecular weight excluding hydrogens is 515 g/mol. The summed E-state index contributed by atoms with van der Waals surface area (Å²) in [6.07, 6.45) is 2.61. The summed E-state index contributed by atoms with van der Waals surface area (Å²) >= 11 is 1.45. The third-order valence-electron chi connectivity index (χ3n) is 8.29. The maximum Gasteiger partial charge on any atom is 0.433 e. The van der Waals surface area contributed by atoms with Crippen LogP contribution in [-0.2, 0) is 16.6 Å². The Morgan fingerprint density at radius 1 is 1.13 bits per heavy atom. The number of benzene rings is 1. The first kappa shape index (κ1) is 25.2. The maximum atomic E-state index is 13.1. The summed E-state index contributed by atoms with van der Waals surface area (Å²) in [7, 11) is 0. The van der Waals surface area contributed by atoms with Gasteiger partial charge in [0, 0.05) is 30.5 Å². The summed E-state index contributed by atoms with van der Waals surface area (Å²) in [5.74, 6) is 0.408. The lowest BCUT2D eigenvalue weighted by Gasteiger charge is -2.62.